The van der Waals surface area contributed by atoms with Crippen LogP contribution in [0.25, 0.3) is 5.69 Å². The number of nitrogens with zero attached hydrogens (tertiary/aromatic N) is 2. The van der Waals surface area contributed by atoms with E-state index < -0.39 is 0 Å². The molecule has 0 aliphatic heterocycles. The summed E-state index contributed by atoms with van der Waals surface area (Å²) in [4.78, 5) is 5.39. The van der Waals surface area contributed by atoms with Crippen molar-refractivity contribution in [2.45, 2.75) is 20.5 Å². The molecule has 3 nitrogen and oxygen atoms in total. The molecule has 0 N–H and O–H groups in total. The number of hydrogen-bond donors (Lipinski definition) is 0. The van der Waals surface area contributed by atoms with Crippen LogP contribution in [-0.4, -0.2) is 10.8 Å². The van der Waals surface area contributed by atoms with Crippen LogP contribution >= 0.6 is 0 Å². The molecule has 0 spiro atoms. The molecule has 3 rings (SSSR count). The molecule has 0 radical (unpaired) electrons. The van der Waals surface area contributed by atoms with Gasteiger partial charge in [-0.2, -0.15) is 0 Å². The van der Waals surface area contributed by atoms with Gasteiger partial charge in [0.05, 0.1) is 6.21 Å². The standard InChI is InChI=1S/C20H20N2O/c1-16-13-19(14-21-23-15-18-9-5-3-6-10-18)17(2)22(16)20-11-7-4-8-12-20/h3-14H,15H2,1-2H3/b21-14+. The summed E-state index contributed by atoms with van der Waals surface area (Å²) in [6, 6.07) is 22.5. The van der Waals surface area contributed by atoms with Crippen molar-refractivity contribution < 1.29 is 4.84 Å². The third-order valence-corrected chi connectivity index (χ3v) is 3.83. The molecule has 0 fully saturated rings. The van der Waals surface area contributed by atoms with Crippen molar-refractivity contribution in [3.8, 4) is 5.69 Å². The molecule has 1 aromatic heterocycles. The Balaban J connectivity index is 1.73. The van der Waals surface area contributed by atoms with Crippen LogP contribution in [0.4, 0.5) is 0 Å². The highest BCUT2D eigenvalue weighted by Crippen LogP contribution is 2.19. The van der Waals surface area contributed by atoms with E-state index in [4.69, 9.17) is 4.84 Å². The maximum absolute atomic E-state index is 5.39. The monoisotopic (exact) mass is 304 g/mol. The zero-order valence-corrected chi connectivity index (χ0v) is 13.4. The summed E-state index contributed by atoms with van der Waals surface area (Å²) >= 11 is 0. The average Bonchev–Trinajstić information content (AvgIpc) is 2.87. The Morgan fingerprint density at radius 2 is 1.61 bits per heavy atom. The van der Waals surface area contributed by atoms with Gasteiger partial charge in [0.25, 0.3) is 0 Å². The lowest BCUT2D eigenvalue weighted by Crippen LogP contribution is -1.99. The van der Waals surface area contributed by atoms with E-state index in [-0.39, 0.29) is 0 Å². The Morgan fingerprint density at radius 3 is 2.30 bits per heavy atom. The summed E-state index contributed by atoms with van der Waals surface area (Å²) in [6.45, 7) is 4.68. The Bertz CT molecular complexity index is 789. The number of rotatable bonds is 5. The van der Waals surface area contributed by atoms with Crippen molar-refractivity contribution >= 4 is 6.21 Å². The van der Waals surface area contributed by atoms with Gasteiger partial charge in [-0.25, -0.2) is 0 Å². The van der Waals surface area contributed by atoms with E-state index in [1.54, 1.807) is 6.21 Å². The van der Waals surface area contributed by atoms with Crippen LogP contribution in [-0.2, 0) is 11.4 Å². The van der Waals surface area contributed by atoms with E-state index in [0.717, 1.165) is 22.5 Å². The van der Waals surface area contributed by atoms with Gasteiger partial charge in [-0.05, 0) is 37.6 Å². The normalized spacial score (nSPS) is 11.0. The van der Waals surface area contributed by atoms with E-state index in [1.165, 1.54) is 5.69 Å². The van der Waals surface area contributed by atoms with Gasteiger partial charge in [0, 0.05) is 22.6 Å². The highest BCUT2D eigenvalue weighted by molar-refractivity contribution is 5.81. The minimum absolute atomic E-state index is 0.481. The van der Waals surface area contributed by atoms with Gasteiger partial charge < -0.3 is 9.40 Å². The molecule has 2 aromatic carbocycles. The Hall–Kier alpha value is -2.81. The lowest BCUT2D eigenvalue weighted by atomic mass is 10.2. The summed E-state index contributed by atoms with van der Waals surface area (Å²) in [5, 5.41) is 4.11. The first-order valence-electron chi connectivity index (χ1n) is 7.69. The first-order valence-corrected chi connectivity index (χ1v) is 7.69. The Kier molecular flexibility index (Phi) is 4.57. The maximum atomic E-state index is 5.39. The van der Waals surface area contributed by atoms with E-state index in [2.05, 4.69) is 41.8 Å². The SMILES string of the molecule is Cc1cc(/C=N/OCc2ccccc2)c(C)n1-c1ccccc1. The smallest absolute Gasteiger partial charge is 0.142 e. The fraction of sp³-hybridized carbons (Fsp3) is 0.150. The van der Waals surface area contributed by atoms with Gasteiger partial charge >= 0.3 is 0 Å². The fourth-order valence-corrected chi connectivity index (χ4v) is 2.67. The topological polar surface area (TPSA) is 26.5 Å². The molecule has 1 heterocycles. The van der Waals surface area contributed by atoms with Crippen molar-refractivity contribution in [3.05, 3.63) is 89.2 Å². The second-order valence-corrected chi connectivity index (χ2v) is 5.49. The molecular weight excluding hydrogens is 284 g/mol. The summed E-state index contributed by atoms with van der Waals surface area (Å²) in [5.41, 5.74) is 5.67. The molecule has 0 unspecified atom stereocenters. The van der Waals surface area contributed by atoms with Crippen LogP contribution < -0.4 is 0 Å². The zero-order chi connectivity index (χ0) is 16.1. The van der Waals surface area contributed by atoms with Crippen molar-refractivity contribution in [3.63, 3.8) is 0 Å². The lowest BCUT2D eigenvalue weighted by Gasteiger charge is -2.08. The molecule has 0 saturated heterocycles. The van der Waals surface area contributed by atoms with Crippen LogP contribution in [0.3, 0.4) is 0 Å². The summed E-state index contributed by atoms with van der Waals surface area (Å²) in [5.74, 6) is 0. The second-order valence-electron chi connectivity index (χ2n) is 5.49. The molecule has 3 aromatic rings. The van der Waals surface area contributed by atoms with Gasteiger partial charge in [0.1, 0.15) is 6.61 Å². The number of hydrogen-bond acceptors (Lipinski definition) is 2. The Labute approximate surface area is 136 Å². The summed E-state index contributed by atoms with van der Waals surface area (Å²) in [6.07, 6.45) is 1.78. The number of benzene rings is 2. The minimum atomic E-state index is 0.481. The maximum Gasteiger partial charge on any atom is 0.142 e. The fourth-order valence-electron chi connectivity index (χ4n) is 2.67. The number of oxime groups is 1. The van der Waals surface area contributed by atoms with Crippen LogP contribution in [0.2, 0.25) is 0 Å². The van der Waals surface area contributed by atoms with E-state index in [1.807, 2.05) is 48.5 Å². The molecule has 0 saturated carbocycles. The van der Waals surface area contributed by atoms with Crippen molar-refractivity contribution in [2.24, 2.45) is 5.16 Å². The highest BCUT2D eigenvalue weighted by atomic mass is 16.6. The summed E-state index contributed by atoms with van der Waals surface area (Å²) in [7, 11) is 0. The van der Waals surface area contributed by atoms with Crippen molar-refractivity contribution in [2.75, 3.05) is 0 Å². The van der Waals surface area contributed by atoms with Gasteiger partial charge in [-0.1, -0.05) is 53.7 Å². The molecule has 0 aliphatic carbocycles. The molecule has 116 valence electrons. The number of para-hydroxylation sites is 1. The van der Waals surface area contributed by atoms with Gasteiger partial charge in [0.2, 0.25) is 0 Å². The Morgan fingerprint density at radius 1 is 0.957 bits per heavy atom. The molecule has 0 atom stereocenters. The van der Waals surface area contributed by atoms with Crippen molar-refractivity contribution in [1.29, 1.82) is 0 Å². The van der Waals surface area contributed by atoms with Gasteiger partial charge in [0.15, 0.2) is 0 Å². The number of aryl methyl sites for hydroxylation is 1. The van der Waals surface area contributed by atoms with Crippen LogP contribution in [0.1, 0.15) is 22.5 Å². The molecule has 0 bridgehead atoms. The molecular formula is C20H20N2O. The van der Waals surface area contributed by atoms with Crippen LogP contribution in [0.5, 0.6) is 0 Å². The molecule has 3 heteroatoms. The van der Waals surface area contributed by atoms with Gasteiger partial charge in [-0.15, -0.1) is 0 Å². The van der Waals surface area contributed by atoms with Crippen LogP contribution in [0, 0.1) is 13.8 Å². The highest BCUT2D eigenvalue weighted by Gasteiger charge is 2.08. The predicted octanol–water partition coefficient (Wildman–Crippen LogP) is 4.64. The minimum Gasteiger partial charge on any atom is -0.391 e. The average molecular weight is 304 g/mol. The molecule has 0 amide bonds. The molecule has 23 heavy (non-hydrogen) atoms. The first kappa shape index (κ1) is 15.1. The lowest BCUT2D eigenvalue weighted by molar-refractivity contribution is 0.132. The molecule has 0 aliphatic rings. The largest absolute Gasteiger partial charge is 0.391 e. The summed E-state index contributed by atoms with van der Waals surface area (Å²) < 4.78 is 2.22. The zero-order valence-electron chi connectivity index (χ0n) is 13.4. The van der Waals surface area contributed by atoms with Gasteiger partial charge in [-0.3, -0.25) is 0 Å². The van der Waals surface area contributed by atoms with Crippen LogP contribution in [0.15, 0.2) is 71.9 Å². The number of aromatic nitrogens is 1. The quantitative estimate of drug-likeness (QED) is 0.498. The first-order chi connectivity index (χ1) is 11.3. The second kappa shape index (κ2) is 6.97. The van der Waals surface area contributed by atoms with E-state index in [9.17, 15) is 0 Å². The van der Waals surface area contributed by atoms with E-state index >= 15 is 0 Å². The third-order valence-electron chi connectivity index (χ3n) is 3.83. The third kappa shape index (κ3) is 3.51. The van der Waals surface area contributed by atoms with Crippen molar-refractivity contribution in [1.82, 2.24) is 4.57 Å². The predicted molar refractivity (Wildman–Crippen MR) is 94.1 cm³/mol. The van der Waals surface area contributed by atoms with E-state index in [0.29, 0.717) is 6.61 Å².